The lowest BCUT2D eigenvalue weighted by Gasteiger charge is -2.29. The van der Waals surface area contributed by atoms with E-state index in [4.69, 9.17) is 9.57 Å². The van der Waals surface area contributed by atoms with Crippen molar-refractivity contribution in [3.63, 3.8) is 0 Å². The molecule has 1 aliphatic rings. The van der Waals surface area contributed by atoms with Gasteiger partial charge >= 0.3 is 0 Å². The molecule has 200 valence electrons. The van der Waals surface area contributed by atoms with Gasteiger partial charge in [-0.3, -0.25) is 4.79 Å². The molecule has 4 rings (SSSR count). The molecule has 1 N–H and O–H groups in total. The fourth-order valence-corrected chi connectivity index (χ4v) is 4.55. The number of oxime groups is 1. The van der Waals surface area contributed by atoms with Gasteiger partial charge in [-0.15, -0.1) is 10.1 Å². The van der Waals surface area contributed by atoms with Crippen LogP contribution in [0.25, 0.3) is 10.9 Å². The van der Waals surface area contributed by atoms with Crippen molar-refractivity contribution in [2.75, 3.05) is 13.2 Å². The van der Waals surface area contributed by atoms with Gasteiger partial charge in [0.2, 0.25) is 0 Å². The largest absolute Gasteiger partial charge is 0.487 e. The summed E-state index contributed by atoms with van der Waals surface area (Å²) in [6.45, 7) is 1.66. The van der Waals surface area contributed by atoms with E-state index in [1.807, 2.05) is 60.7 Å². The Morgan fingerprint density at radius 3 is 2.63 bits per heavy atom. The normalized spacial score (nSPS) is 15.0. The molecule has 1 heterocycles. The lowest BCUT2D eigenvalue weighted by atomic mass is 9.83. The second-order valence-corrected chi connectivity index (χ2v) is 9.27. The second kappa shape index (κ2) is 13.4. The molecule has 1 amide bonds. The summed E-state index contributed by atoms with van der Waals surface area (Å²) in [5.41, 5.74) is 2.88. The Morgan fingerprint density at radius 1 is 1.11 bits per heavy atom. The number of nitrogens with zero attached hydrogens (tertiary/aromatic N) is 3. The standard InChI is InChI=1S/C28H32N4O6/c1-20(28(33)29-17-18-37-32(34)35)31-38-27(22-8-3-2-4-9-22)23-12-15-25(16-13-23)36-19-24-14-11-21-7-5-6-10-26(21)30-24/h5-7,10-16,22,27H,2-4,8-9,17-19H2,1H3,(H,29,33)/b31-20-. The number of carbonyl (C=O) groups is 1. The number of para-hydroxylation sites is 1. The molecule has 1 aromatic heterocycles. The zero-order valence-electron chi connectivity index (χ0n) is 21.4. The molecule has 0 saturated heterocycles. The predicted octanol–water partition coefficient (Wildman–Crippen LogP) is 5.15. The van der Waals surface area contributed by atoms with E-state index in [0.717, 1.165) is 53.6 Å². The summed E-state index contributed by atoms with van der Waals surface area (Å²) in [4.78, 5) is 37.3. The molecule has 1 fully saturated rings. The van der Waals surface area contributed by atoms with Crippen molar-refractivity contribution < 1.29 is 24.3 Å². The smallest absolute Gasteiger partial charge is 0.294 e. The van der Waals surface area contributed by atoms with Crippen LogP contribution in [-0.2, 0) is 21.1 Å². The van der Waals surface area contributed by atoms with Crippen LogP contribution in [0, 0.1) is 16.0 Å². The number of hydrogen-bond donors (Lipinski definition) is 1. The highest BCUT2D eigenvalue weighted by Crippen LogP contribution is 2.37. The van der Waals surface area contributed by atoms with E-state index in [0.29, 0.717) is 6.61 Å². The molecule has 0 spiro atoms. The topological polar surface area (TPSA) is 125 Å². The molecule has 1 saturated carbocycles. The molecule has 2 aromatic carbocycles. The van der Waals surface area contributed by atoms with Crippen molar-refractivity contribution in [3.8, 4) is 5.75 Å². The van der Waals surface area contributed by atoms with Crippen molar-refractivity contribution in [2.24, 2.45) is 11.1 Å². The quantitative estimate of drug-likeness (QED) is 0.151. The SMILES string of the molecule is C/C(=N/OC(c1ccc(OCc2ccc3ccccc3n2)cc1)C1CCCCC1)C(=O)NCCO[N+](=O)[O-]. The Labute approximate surface area is 221 Å². The fourth-order valence-electron chi connectivity index (χ4n) is 4.55. The van der Waals surface area contributed by atoms with Gasteiger partial charge in [-0.2, -0.15) is 0 Å². The summed E-state index contributed by atoms with van der Waals surface area (Å²) in [7, 11) is 0. The zero-order chi connectivity index (χ0) is 26.7. The first-order chi connectivity index (χ1) is 18.5. The third-order valence-corrected chi connectivity index (χ3v) is 6.55. The van der Waals surface area contributed by atoms with Gasteiger partial charge in [0.1, 0.15) is 24.7 Å². The lowest BCUT2D eigenvalue weighted by molar-refractivity contribution is -0.757. The van der Waals surface area contributed by atoms with Gasteiger partial charge in [0.15, 0.2) is 6.10 Å². The Balaban J connectivity index is 1.38. The van der Waals surface area contributed by atoms with E-state index >= 15 is 0 Å². The summed E-state index contributed by atoms with van der Waals surface area (Å²) in [6, 6.07) is 19.8. The molecule has 10 nitrogen and oxygen atoms in total. The van der Waals surface area contributed by atoms with Crippen LogP contribution in [0.5, 0.6) is 5.75 Å². The number of hydrogen-bond acceptors (Lipinski definition) is 8. The minimum absolute atomic E-state index is 0.00505. The second-order valence-electron chi connectivity index (χ2n) is 9.27. The number of amides is 1. The lowest BCUT2D eigenvalue weighted by Crippen LogP contribution is -2.33. The third-order valence-electron chi connectivity index (χ3n) is 6.55. The van der Waals surface area contributed by atoms with Crippen molar-refractivity contribution in [2.45, 2.75) is 51.7 Å². The summed E-state index contributed by atoms with van der Waals surface area (Å²) >= 11 is 0. The first-order valence-electron chi connectivity index (χ1n) is 12.8. The van der Waals surface area contributed by atoms with Crippen LogP contribution in [0.1, 0.15) is 56.4 Å². The fraction of sp³-hybridized carbons (Fsp3) is 0.393. The predicted molar refractivity (Wildman–Crippen MR) is 142 cm³/mol. The van der Waals surface area contributed by atoms with Gasteiger partial charge in [-0.05, 0) is 49.6 Å². The van der Waals surface area contributed by atoms with Gasteiger partial charge in [0, 0.05) is 17.8 Å². The number of nitrogens with one attached hydrogen (secondary N) is 1. The van der Waals surface area contributed by atoms with Crippen LogP contribution in [0.3, 0.4) is 0 Å². The van der Waals surface area contributed by atoms with Gasteiger partial charge < -0.3 is 19.7 Å². The highest BCUT2D eigenvalue weighted by molar-refractivity contribution is 6.37. The molecule has 0 aliphatic heterocycles. The number of benzene rings is 2. The van der Waals surface area contributed by atoms with Gasteiger partial charge in [0.05, 0.1) is 11.2 Å². The maximum Gasteiger partial charge on any atom is 0.294 e. The van der Waals surface area contributed by atoms with Gasteiger partial charge in [-0.25, -0.2) is 4.98 Å². The molecule has 38 heavy (non-hydrogen) atoms. The van der Waals surface area contributed by atoms with Crippen molar-refractivity contribution in [1.82, 2.24) is 10.3 Å². The highest BCUT2D eigenvalue weighted by atomic mass is 16.9. The Kier molecular flexibility index (Phi) is 9.44. The van der Waals surface area contributed by atoms with Gasteiger partial charge in [0.25, 0.3) is 11.0 Å². The number of rotatable bonds is 12. The molecular formula is C28H32N4O6. The van der Waals surface area contributed by atoms with E-state index < -0.39 is 11.0 Å². The van der Waals surface area contributed by atoms with Crippen molar-refractivity contribution in [3.05, 3.63) is 82.0 Å². The maximum atomic E-state index is 12.2. The average molecular weight is 521 g/mol. The Bertz CT molecular complexity index is 1260. The van der Waals surface area contributed by atoms with Crippen LogP contribution in [0.15, 0.2) is 65.8 Å². The third kappa shape index (κ3) is 7.64. The first kappa shape index (κ1) is 26.8. The van der Waals surface area contributed by atoms with Crippen LogP contribution < -0.4 is 10.1 Å². The summed E-state index contributed by atoms with van der Waals surface area (Å²) in [6.07, 6.45) is 5.21. The minimum atomic E-state index is -0.901. The Morgan fingerprint density at radius 2 is 1.87 bits per heavy atom. The molecule has 1 unspecified atom stereocenters. The molecule has 3 aromatic rings. The van der Waals surface area contributed by atoms with Crippen molar-refractivity contribution >= 4 is 22.5 Å². The summed E-state index contributed by atoms with van der Waals surface area (Å²) in [5, 5.41) is 17.0. The van der Waals surface area contributed by atoms with E-state index in [-0.39, 0.29) is 30.9 Å². The van der Waals surface area contributed by atoms with E-state index in [2.05, 4.69) is 20.3 Å². The number of carbonyl (C=O) groups excluding carboxylic acids is 1. The molecule has 10 heteroatoms. The molecular weight excluding hydrogens is 488 g/mol. The molecule has 1 atom stereocenters. The number of aromatic nitrogens is 1. The van der Waals surface area contributed by atoms with Crippen LogP contribution >= 0.6 is 0 Å². The maximum absolute atomic E-state index is 12.2. The monoisotopic (exact) mass is 520 g/mol. The Hall–Kier alpha value is -4.21. The van der Waals surface area contributed by atoms with E-state index in [1.54, 1.807) is 6.92 Å². The highest BCUT2D eigenvalue weighted by Gasteiger charge is 2.27. The first-order valence-corrected chi connectivity index (χ1v) is 12.8. The van der Waals surface area contributed by atoms with Crippen LogP contribution in [-0.4, -0.2) is 34.8 Å². The number of ether oxygens (including phenoxy) is 1. The van der Waals surface area contributed by atoms with E-state index in [1.165, 1.54) is 6.42 Å². The van der Waals surface area contributed by atoms with Gasteiger partial charge in [-0.1, -0.05) is 60.8 Å². The number of fused-ring (bicyclic) bond motifs is 1. The summed E-state index contributed by atoms with van der Waals surface area (Å²) in [5.74, 6) is 0.540. The van der Waals surface area contributed by atoms with E-state index in [9.17, 15) is 14.9 Å². The average Bonchev–Trinajstić information content (AvgIpc) is 2.95. The number of pyridine rings is 1. The summed E-state index contributed by atoms with van der Waals surface area (Å²) < 4.78 is 5.98. The van der Waals surface area contributed by atoms with Crippen LogP contribution in [0.2, 0.25) is 0 Å². The zero-order valence-corrected chi connectivity index (χ0v) is 21.4. The minimum Gasteiger partial charge on any atom is -0.487 e. The van der Waals surface area contributed by atoms with Crippen LogP contribution in [0.4, 0.5) is 0 Å². The van der Waals surface area contributed by atoms with Crippen molar-refractivity contribution in [1.29, 1.82) is 0 Å². The molecule has 0 bridgehead atoms. The molecule has 1 aliphatic carbocycles. The molecule has 0 radical (unpaired) electrons.